The van der Waals surface area contributed by atoms with E-state index in [0.29, 0.717) is 13.2 Å². The summed E-state index contributed by atoms with van der Waals surface area (Å²) in [7, 11) is 0. The molecular formula is C23H25NO2. The van der Waals surface area contributed by atoms with Crippen molar-refractivity contribution in [2.45, 2.75) is 12.5 Å². The first-order valence-corrected chi connectivity index (χ1v) is 9.02. The Labute approximate surface area is 155 Å². The number of hydrogen-bond donors (Lipinski definition) is 2. The summed E-state index contributed by atoms with van der Waals surface area (Å²) in [6, 6.07) is 28.7. The average molecular weight is 347 g/mol. The highest BCUT2D eigenvalue weighted by molar-refractivity contribution is 5.54. The third-order valence-corrected chi connectivity index (χ3v) is 4.51. The monoisotopic (exact) mass is 347 g/mol. The summed E-state index contributed by atoms with van der Waals surface area (Å²) in [5, 5.41) is 13.1. The zero-order valence-corrected chi connectivity index (χ0v) is 15.1. The molecule has 0 bridgehead atoms. The van der Waals surface area contributed by atoms with Gasteiger partial charge in [0.05, 0.1) is 18.8 Å². The number of benzene rings is 3. The number of aliphatic hydroxyl groups is 1. The maximum atomic E-state index is 9.55. The van der Waals surface area contributed by atoms with Crippen LogP contribution in [0.25, 0.3) is 0 Å². The zero-order chi connectivity index (χ0) is 18.2. The van der Waals surface area contributed by atoms with Gasteiger partial charge < -0.3 is 9.84 Å². The first kappa shape index (κ1) is 18.2. The minimum Gasteiger partial charge on any atom is -0.493 e. The van der Waals surface area contributed by atoms with Crippen LogP contribution in [0.5, 0.6) is 5.75 Å². The lowest BCUT2D eigenvalue weighted by atomic mass is 9.76. The van der Waals surface area contributed by atoms with Crippen LogP contribution >= 0.6 is 0 Å². The second kappa shape index (κ2) is 8.65. The molecule has 26 heavy (non-hydrogen) atoms. The Morgan fingerprint density at radius 1 is 0.808 bits per heavy atom. The fraction of sp³-hybridized carbons (Fsp3) is 0.217. The predicted octanol–water partition coefficient (Wildman–Crippen LogP) is 3.96. The molecule has 0 aliphatic carbocycles. The highest BCUT2D eigenvalue weighted by Gasteiger charge is 2.37. The smallest absolute Gasteiger partial charge is 0.125 e. The number of hydrogen-bond acceptors (Lipinski definition) is 3. The minimum atomic E-state index is -0.614. The van der Waals surface area contributed by atoms with Crippen molar-refractivity contribution in [2.24, 2.45) is 0 Å². The largest absolute Gasteiger partial charge is 0.493 e. The molecular weight excluding hydrogens is 322 g/mol. The van der Waals surface area contributed by atoms with Crippen LogP contribution in [0.1, 0.15) is 23.6 Å². The summed E-state index contributed by atoms with van der Waals surface area (Å²) in [5.41, 5.74) is 2.63. The van der Waals surface area contributed by atoms with Crippen molar-refractivity contribution in [2.75, 3.05) is 19.8 Å². The van der Waals surface area contributed by atoms with Gasteiger partial charge in [0, 0.05) is 12.1 Å². The van der Waals surface area contributed by atoms with Crippen LogP contribution in [0.2, 0.25) is 0 Å². The van der Waals surface area contributed by atoms with E-state index in [0.717, 1.165) is 22.4 Å². The first-order valence-electron chi connectivity index (χ1n) is 9.02. The van der Waals surface area contributed by atoms with Gasteiger partial charge in [-0.15, -0.1) is 0 Å². The van der Waals surface area contributed by atoms with Crippen LogP contribution < -0.4 is 10.1 Å². The number of para-hydroxylation sites is 1. The first-order chi connectivity index (χ1) is 12.8. The Balaban J connectivity index is 2.31. The highest BCUT2D eigenvalue weighted by atomic mass is 16.5. The van der Waals surface area contributed by atoms with Crippen molar-refractivity contribution < 1.29 is 9.84 Å². The number of ether oxygens (including phenoxy) is 1. The maximum Gasteiger partial charge on any atom is 0.125 e. The number of nitrogens with one attached hydrogen (secondary N) is 1. The summed E-state index contributed by atoms with van der Waals surface area (Å²) in [6.07, 6.45) is 0. The zero-order valence-electron chi connectivity index (χ0n) is 15.1. The van der Waals surface area contributed by atoms with Gasteiger partial charge in [-0.1, -0.05) is 78.9 Å². The van der Waals surface area contributed by atoms with Crippen molar-refractivity contribution in [1.82, 2.24) is 5.32 Å². The molecule has 3 rings (SSSR count). The molecule has 0 saturated carbocycles. The third kappa shape index (κ3) is 3.50. The van der Waals surface area contributed by atoms with Gasteiger partial charge in [-0.05, 0) is 24.1 Å². The lowest BCUT2D eigenvalue weighted by Gasteiger charge is -2.38. The Hall–Kier alpha value is -2.62. The molecule has 0 aliphatic rings. The lowest BCUT2D eigenvalue weighted by Crippen LogP contribution is -2.46. The van der Waals surface area contributed by atoms with Gasteiger partial charge >= 0.3 is 0 Å². The fourth-order valence-corrected chi connectivity index (χ4v) is 3.45. The Bertz CT molecular complexity index is 763. The molecule has 3 aromatic carbocycles. The molecule has 0 fully saturated rings. The van der Waals surface area contributed by atoms with Gasteiger partial charge in [0.25, 0.3) is 0 Å². The molecule has 0 aliphatic heterocycles. The van der Waals surface area contributed by atoms with E-state index in [2.05, 4.69) is 35.6 Å². The quantitative estimate of drug-likeness (QED) is 0.606. The van der Waals surface area contributed by atoms with Crippen molar-refractivity contribution >= 4 is 0 Å². The van der Waals surface area contributed by atoms with Gasteiger partial charge in [0.1, 0.15) is 5.75 Å². The van der Waals surface area contributed by atoms with E-state index < -0.39 is 5.54 Å². The number of aliphatic hydroxyl groups excluding tert-OH is 1. The van der Waals surface area contributed by atoms with Crippen molar-refractivity contribution in [3.63, 3.8) is 0 Å². The van der Waals surface area contributed by atoms with Gasteiger partial charge in [0.2, 0.25) is 0 Å². The lowest BCUT2D eigenvalue weighted by molar-refractivity contribution is 0.273. The van der Waals surface area contributed by atoms with Gasteiger partial charge in [-0.3, -0.25) is 5.32 Å². The Morgan fingerprint density at radius 3 is 1.88 bits per heavy atom. The number of rotatable bonds is 8. The van der Waals surface area contributed by atoms with Crippen LogP contribution in [0.3, 0.4) is 0 Å². The Morgan fingerprint density at radius 2 is 1.35 bits per heavy atom. The van der Waals surface area contributed by atoms with E-state index in [1.54, 1.807) is 0 Å². The SMILES string of the molecule is CCOc1ccccc1C(NCCO)(c1ccccc1)c1ccccc1. The molecule has 0 saturated heterocycles. The molecule has 0 spiro atoms. The molecule has 0 atom stereocenters. The van der Waals surface area contributed by atoms with E-state index in [4.69, 9.17) is 4.74 Å². The van der Waals surface area contributed by atoms with Gasteiger partial charge in [-0.25, -0.2) is 0 Å². The maximum absolute atomic E-state index is 9.55. The summed E-state index contributed by atoms with van der Waals surface area (Å²) in [4.78, 5) is 0. The minimum absolute atomic E-state index is 0.0538. The molecule has 0 aromatic heterocycles. The van der Waals surface area contributed by atoms with Crippen LogP contribution in [-0.4, -0.2) is 24.9 Å². The standard InChI is InChI=1S/C23H25NO2/c1-2-26-22-16-10-9-15-21(22)23(24-17-18-25,19-11-5-3-6-12-19)20-13-7-4-8-14-20/h3-16,24-25H,2,17-18H2,1H3. The second-order valence-electron chi connectivity index (χ2n) is 6.06. The van der Waals surface area contributed by atoms with Crippen LogP contribution in [-0.2, 0) is 5.54 Å². The van der Waals surface area contributed by atoms with Crippen LogP contribution in [0, 0.1) is 0 Å². The highest BCUT2D eigenvalue weighted by Crippen LogP contribution is 2.41. The third-order valence-electron chi connectivity index (χ3n) is 4.51. The average Bonchev–Trinajstić information content (AvgIpc) is 2.71. The predicted molar refractivity (Wildman–Crippen MR) is 105 cm³/mol. The van der Waals surface area contributed by atoms with E-state index >= 15 is 0 Å². The van der Waals surface area contributed by atoms with E-state index in [1.807, 2.05) is 61.5 Å². The van der Waals surface area contributed by atoms with Crippen molar-refractivity contribution in [1.29, 1.82) is 0 Å². The fourth-order valence-electron chi connectivity index (χ4n) is 3.45. The second-order valence-corrected chi connectivity index (χ2v) is 6.06. The van der Waals surface area contributed by atoms with E-state index in [-0.39, 0.29) is 6.61 Å². The van der Waals surface area contributed by atoms with E-state index in [9.17, 15) is 5.11 Å². The molecule has 0 amide bonds. The Kier molecular flexibility index (Phi) is 6.05. The summed E-state index contributed by atoms with van der Waals surface area (Å²) >= 11 is 0. The molecule has 3 heteroatoms. The van der Waals surface area contributed by atoms with Gasteiger partial charge in [-0.2, -0.15) is 0 Å². The van der Waals surface area contributed by atoms with Gasteiger partial charge in [0.15, 0.2) is 0 Å². The molecule has 0 heterocycles. The van der Waals surface area contributed by atoms with Crippen LogP contribution in [0.4, 0.5) is 0 Å². The van der Waals surface area contributed by atoms with E-state index in [1.165, 1.54) is 0 Å². The molecule has 3 nitrogen and oxygen atoms in total. The summed E-state index contributed by atoms with van der Waals surface area (Å²) in [5.74, 6) is 0.841. The topological polar surface area (TPSA) is 41.5 Å². The molecule has 2 N–H and O–H groups in total. The molecule has 3 aromatic rings. The van der Waals surface area contributed by atoms with Crippen LogP contribution in [0.15, 0.2) is 84.9 Å². The molecule has 134 valence electrons. The molecule has 0 unspecified atom stereocenters. The van der Waals surface area contributed by atoms with Crippen molar-refractivity contribution in [3.05, 3.63) is 102 Å². The molecule has 0 radical (unpaired) electrons. The summed E-state index contributed by atoms with van der Waals surface area (Å²) in [6.45, 7) is 3.10. The van der Waals surface area contributed by atoms with Crippen molar-refractivity contribution in [3.8, 4) is 5.75 Å². The summed E-state index contributed by atoms with van der Waals surface area (Å²) < 4.78 is 5.96. The normalized spacial score (nSPS) is 11.3.